The molecule has 0 saturated carbocycles. The molecule has 0 amide bonds. The molecule has 2 aromatic heterocycles. The molecule has 0 N–H and O–H groups in total. The van der Waals surface area contributed by atoms with Gasteiger partial charge in [0.05, 0.1) is 22.4 Å². The summed E-state index contributed by atoms with van der Waals surface area (Å²) in [5.41, 5.74) is 15.0. The molecule has 0 bridgehead atoms. The molecule has 0 saturated heterocycles. The molecule has 0 spiro atoms. The number of fused-ring (bicyclic) bond motifs is 3. The first-order valence-corrected chi connectivity index (χ1v) is 20.2. The Hall–Kier alpha value is -2.42. The number of hydrogen-bond acceptors (Lipinski definition) is 2. The Labute approximate surface area is 298 Å². The fraction of sp³-hybridized carbons (Fsp3) is 0.429. The van der Waals surface area contributed by atoms with E-state index in [1.165, 1.54) is 44.5 Å². The molecule has 0 fully saturated rings. The first kappa shape index (κ1) is 37.4. The molecule has 0 atom stereocenters. The van der Waals surface area contributed by atoms with Gasteiger partial charge in [-0.3, -0.25) is 0 Å². The second-order valence-corrected chi connectivity index (χ2v) is 16.6. The van der Waals surface area contributed by atoms with Gasteiger partial charge in [0, 0.05) is 21.9 Å². The summed E-state index contributed by atoms with van der Waals surface area (Å²) in [6, 6.07) is 23.0. The van der Waals surface area contributed by atoms with E-state index in [4.69, 9.17) is 30.2 Å². The number of halogens is 2. The molecule has 2 nitrogen and oxygen atoms in total. The van der Waals surface area contributed by atoms with Crippen molar-refractivity contribution in [2.45, 2.75) is 119 Å². The predicted octanol–water partition coefficient (Wildman–Crippen LogP) is 14.2. The maximum absolute atomic E-state index is 5.46. The van der Waals surface area contributed by atoms with Crippen LogP contribution in [0, 0.1) is 0 Å². The van der Waals surface area contributed by atoms with Gasteiger partial charge in [-0.2, -0.15) is 0 Å². The second kappa shape index (κ2) is 15.9. The van der Waals surface area contributed by atoms with Gasteiger partial charge >= 0.3 is 33.3 Å². The molecule has 0 aliphatic rings. The summed E-state index contributed by atoms with van der Waals surface area (Å²) >= 11 is 0.194. The van der Waals surface area contributed by atoms with E-state index < -0.39 is 0 Å². The normalized spacial score (nSPS) is 12.1. The number of nitrogens with zero attached hydrogens (tertiary/aromatic N) is 2. The number of aromatic nitrogens is 2. The molecular formula is C42H52Cl2FeN2. The van der Waals surface area contributed by atoms with Gasteiger partial charge in [-0.1, -0.05) is 132 Å². The standard InChI is InChI=1S/C42H52N2.2ClH.Fe/c1-23(2)31-19-33(25(5)6)39(34(20-31)26(7)8)37-17-15-29-13-14-30-16-18-38(44-42(30)41(29)43-37)40-35(27(9)10)21-32(24(3)4)22-36(40)28(11)12;;;/h13-28H,1-12H3;2*1H;/q;;;+2/p-2. The van der Waals surface area contributed by atoms with E-state index in [-0.39, 0.29) is 13.1 Å². The summed E-state index contributed by atoms with van der Waals surface area (Å²) in [6.07, 6.45) is 0. The SMILES string of the molecule is CC(C)c1cc(C(C)C)c(-c2ccc3ccc4ccc(-c5c(C(C)C)cc(C(C)C)cc5C(C)C)nc4c3n2)c(C(C)C)c1.[Cl][Fe][Cl]. The molecule has 5 heteroatoms. The van der Waals surface area contributed by atoms with Gasteiger partial charge in [-0.05, 0) is 81.0 Å². The average molecular weight is 712 g/mol. The van der Waals surface area contributed by atoms with Crippen LogP contribution in [0.3, 0.4) is 0 Å². The van der Waals surface area contributed by atoms with Crippen molar-refractivity contribution >= 4 is 42.0 Å². The van der Waals surface area contributed by atoms with Crippen molar-refractivity contribution in [1.29, 1.82) is 0 Å². The third-order valence-corrected chi connectivity index (χ3v) is 9.30. The van der Waals surface area contributed by atoms with Gasteiger partial charge in [-0.15, -0.1) is 0 Å². The Morgan fingerprint density at radius 2 is 0.681 bits per heavy atom. The van der Waals surface area contributed by atoms with Crippen LogP contribution < -0.4 is 0 Å². The van der Waals surface area contributed by atoms with Crippen molar-refractivity contribution in [3.63, 3.8) is 0 Å². The third-order valence-electron chi connectivity index (χ3n) is 9.30. The maximum atomic E-state index is 5.46. The summed E-state index contributed by atoms with van der Waals surface area (Å²) in [7, 11) is 9.53. The minimum atomic E-state index is 0.194. The third kappa shape index (κ3) is 8.08. The minimum absolute atomic E-state index is 0.194. The van der Waals surface area contributed by atoms with E-state index in [1.54, 1.807) is 0 Å². The van der Waals surface area contributed by atoms with E-state index in [9.17, 15) is 0 Å². The number of benzene rings is 3. The van der Waals surface area contributed by atoms with E-state index in [2.05, 4.69) is 144 Å². The van der Waals surface area contributed by atoms with Gasteiger partial charge in [0.25, 0.3) is 0 Å². The van der Waals surface area contributed by atoms with Gasteiger partial charge in [0.2, 0.25) is 0 Å². The van der Waals surface area contributed by atoms with Crippen LogP contribution in [-0.2, 0) is 13.1 Å². The Morgan fingerprint density at radius 3 is 0.915 bits per heavy atom. The summed E-state index contributed by atoms with van der Waals surface area (Å²) in [5.74, 6) is 2.55. The van der Waals surface area contributed by atoms with E-state index in [0.29, 0.717) is 35.5 Å². The zero-order chi connectivity index (χ0) is 34.7. The van der Waals surface area contributed by atoms with Crippen molar-refractivity contribution < 1.29 is 13.1 Å². The molecule has 5 rings (SSSR count). The fourth-order valence-electron chi connectivity index (χ4n) is 6.55. The van der Waals surface area contributed by atoms with Crippen LogP contribution in [0.15, 0.2) is 60.7 Å². The van der Waals surface area contributed by atoms with E-state index >= 15 is 0 Å². The molecular weight excluding hydrogens is 659 g/mol. The van der Waals surface area contributed by atoms with Gasteiger partial charge < -0.3 is 0 Å². The monoisotopic (exact) mass is 710 g/mol. The molecule has 0 radical (unpaired) electrons. The van der Waals surface area contributed by atoms with Crippen LogP contribution in [0.2, 0.25) is 0 Å². The molecule has 47 heavy (non-hydrogen) atoms. The van der Waals surface area contributed by atoms with E-state index in [0.717, 1.165) is 33.2 Å². The van der Waals surface area contributed by atoms with Crippen LogP contribution in [0.25, 0.3) is 44.3 Å². The number of hydrogen-bond donors (Lipinski definition) is 0. The topological polar surface area (TPSA) is 25.8 Å². The van der Waals surface area contributed by atoms with Gasteiger partial charge in [0.1, 0.15) is 0 Å². The Bertz CT molecular complexity index is 1660. The summed E-state index contributed by atoms with van der Waals surface area (Å²) in [4.78, 5) is 10.9. The average Bonchev–Trinajstić information content (AvgIpc) is 3.02. The number of pyridine rings is 2. The Balaban J connectivity index is 0.00000160. The van der Waals surface area contributed by atoms with Crippen LogP contribution in [-0.4, -0.2) is 9.97 Å². The Morgan fingerprint density at radius 1 is 0.426 bits per heavy atom. The summed E-state index contributed by atoms with van der Waals surface area (Å²) < 4.78 is 0. The van der Waals surface area contributed by atoms with Crippen LogP contribution in [0.4, 0.5) is 0 Å². The van der Waals surface area contributed by atoms with Crippen molar-refractivity contribution in [2.24, 2.45) is 0 Å². The molecule has 0 aliphatic heterocycles. The predicted molar refractivity (Wildman–Crippen MR) is 204 cm³/mol. The first-order chi connectivity index (χ1) is 22.2. The first-order valence-electron chi connectivity index (χ1n) is 17.1. The van der Waals surface area contributed by atoms with Crippen molar-refractivity contribution in [3.05, 3.63) is 94.0 Å². The Kier molecular flexibility index (Phi) is 12.6. The van der Waals surface area contributed by atoms with Crippen LogP contribution in [0.5, 0.6) is 0 Å². The van der Waals surface area contributed by atoms with Crippen molar-refractivity contribution in [2.75, 3.05) is 0 Å². The summed E-state index contributed by atoms with van der Waals surface area (Å²) in [5, 5.41) is 2.26. The van der Waals surface area contributed by atoms with Crippen LogP contribution in [0.1, 0.15) is 152 Å². The quantitative estimate of drug-likeness (QED) is 0.118. The van der Waals surface area contributed by atoms with Crippen molar-refractivity contribution in [3.8, 4) is 22.5 Å². The van der Waals surface area contributed by atoms with Gasteiger partial charge in [0.15, 0.2) is 0 Å². The molecule has 0 unspecified atom stereocenters. The molecule has 3 aromatic carbocycles. The zero-order valence-corrected chi connectivity index (χ0v) is 32.9. The zero-order valence-electron chi connectivity index (χ0n) is 30.2. The van der Waals surface area contributed by atoms with E-state index in [1.807, 2.05) is 0 Å². The second-order valence-electron chi connectivity index (χ2n) is 14.7. The molecule has 252 valence electrons. The fourth-order valence-corrected chi connectivity index (χ4v) is 6.55. The van der Waals surface area contributed by atoms with Crippen molar-refractivity contribution in [1.82, 2.24) is 9.97 Å². The summed E-state index contributed by atoms with van der Waals surface area (Å²) in [6.45, 7) is 27.6. The van der Waals surface area contributed by atoms with Crippen LogP contribution >= 0.6 is 20.2 Å². The molecule has 0 aliphatic carbocycles. The molecule has 2 heterocycles. The molecule has 5 aromatic rings. The van der Waals surface area contributed by atoms with Gasteiger partial charge in [-0.25, -0.2) is 9.97 Å². The number of rotatable bonds is 8.